The van der Waals surface area contributed by atoms with E-state index in [4.69, 9.17) is 15.6 Å². The lowest BCUT2D eigenvalue weighted by Crippen LogP contribution is -2.24. The Morgan fingerprint density at radius 3 is 2.54 bits per heavy atom. The van der Waals surface area contributed by atoms with E-state index in [1.165, 1.54) is 12.1 Å². The van der Waals surface area contributed by atoms with Gasteiger partial charge in [0.05, 0.1) is 18.5 Å². The van der Waals surface area contributed by atoms with E-state index >= 15 is 0 Å². The van der Waals surface area contributed by atoms with Crippen LogP contribution in [0.15, 0.2) is 60.9 Å². The number of aryl methyl sites for hydroxylation is 1. The number of rotatable bonds is 8. The molecule has 1 aliphatic heterocycles. The molecular weight excluding hydrogens is 528 g/mol. The second kappa shape index (κ2) is 13.5. The van der Waals surface area contributed by atoms with Crippen molar-refractivity contribution in [2.75, 3.05) is 38.7 Å². The van der Waals surface area contributed by atoms with E-state index in [9.17, 15) is 13.6 Å². The molecule has 1 atom stereocenters. The molecule has 41 heavy (non-hydrogen) atoms. The van der Waals surface area contributed by atoms with Crippen molar-refractivity contribution >= 4 is 11.8 Å². The highest BCUT2D eigenvalue weighted by Gasteiger charge is 2.25. The maximum atomic E-state index is 13.1. The number of hydrogen-bond acceptors (Lipinski definition) is 5. The summed E-state index contributed by atoms with van der Waals surface area (Å²) >= 11 is 0. The SMILES string of the molecule is CC(C)c1c(-c2cnn(C)c2)nn(-c2ccccc2)c1NC(N)=O.COCCN1CCC(c2ccc(F)c(F)c2)C1. The molecule has 2 amide bonds. The van der Waals surface area contributed by atoms with Gasteiger partial charge in [-0.3, -0.25) is 10.00 Å². The Kier molecular flexibility index (Phi) is 9.85. The third kappa shape index (κ3) is 7.36. The predicted octanol–water partition coefficient (Wildman–Crippen LogP) is 5.29. The van der Waals surface area contributed by atoms with Gasteiger partial charge < -0.3 is 15.4 Å². The standard InChI is InChI=1S/C17H20N6O.C13H17F2NO/c1-11(2)14-15(12-9-19-22(3)10-12)21-23(16(14)20-17(18)24)13-7-5-4-6-8-13;1-17-7-6-16-5-4-11(9-16)10-2-3-12(14)13(15)8-10/h4-11H,1-3H3,(H3,18,20,24);2-3,8,11H,4-7,9H2,1H3. The molecule has 5 rings (SSSR count). The molecule has 1 fully saturated rings. The number of halogens is 2. The molecule has 0 spiro atoms. The number of nitrogens with one attached hydrogen (secondary N) is 1. The van der Waals surface area contributed by atoms with E-state index in [1.54, 1.807) is 28.7 Å². The number of likely N-dealkylation sites (tertiary alicyclic amines) is 1. The molecular formula is C30H37F2N7O2. The van der Waals surface area contributed by atoms with Crippen LogP contribution in [0.2, 0.25) is 0 Å². The topological polar surface area (TPSA) is 103 Å². The Hall–Kier alpha value is -4.09. The fraction of sp³-hybridized carbons (Fsp3) is 0.367. The van der Waals surface area contributed by atoms with Gasteiger partial charge in [-0.15, -0.1) is 0 Å². The highest BCUT2D eigenvalue weighted by Crippen LogP contribution is 2.36. The number of nitrogens with two attached hydrogens (primary N) is 1. The number of aromatic nitrogens is 4. The Labute approximate surface area is 238 Å². The van der Waals surface area contributed by atoms with Crippen molar-refractivity contribution in [1.82, 2.24) is 24.5 Å². The van der Waals surface area contributed by atoms with Gasteiger partial charge in [0, 0.05) is 44.6 Å². The number of benzene rings is 2. The number of carbonyl (C=O) groups is 1. The van der Waals surface area contributed by atoms with Crippen LogP contribution < -0.4 is 11.1 Å². The lowest BCUT2D eigenvalue weighted by atomic mass is 9.98. The summed E-state index contributed by atoms with van der Waals surface area (Å²) in [7, 11) is 3.54. The van der Waals surface area contributed by atoms with E-state index < -0.39 is 17.7 Å². The first kappa shape index (κ1) is 29.9. The lowest BCUT2D eigenvalue weighted by molar-refractivity contribution is 0.160. The minimum atomic E-state index is -0.775. The maximum absolute atomic E-state index is 13.1. The van der Waals surface area contributed by atoms with Gasteiger partial charge in [-0.25, -0.2) is 18.3 Å². The largest absolute Gasteiger partial charge is 0.383 e. The average molecular weight is 566 g/mol. The number of anilines is 1. The summed E-state index contributed by atoms with van der Waals surface area (Å²) in [6.07, 6.45) is 4.66. The fourth-order valence-corrected chi connectivity index (χ4v) is 5.02. The molecule has 11 heteroatoms. The average Bonchev–Trinajstić information content (AvgIpc) is 3.68. The van der Waals surface area contributed by atoms with Crippen LogP contribution in [0.3, 0.4) is 0 Å². The minimum Gasteiger partial charge on any atom is -0.383 e. The summed E-state index contributed by atoms with van der Waals surface area (Å²) in [5.74, 6) is -0.496. The first-order chi connectivity index (χ1) is 19.7. The Bertz CT molecular complexity index is 1450. The van der Waals surface area contributed by atoms with Crippen LogP contribution in [0.25, 0.3) is 16.9 Å². The molecule has 218 valence electrons. The van der Waals surface area contributed by atoms with Crippen LogP contribution in [-0.4, -0.2) is 63.8 Å². The molecule has 1 unspecified atom stereocenters. The van der Waals surface area contributed by atoms with Crippen LogP contribution in [0.5, 0.6) is 0 Å². The van der Waals surface area contributed by atoms with Crippen LogP contribution in [0.1, 0.15) is 43.2 Å². The van der Waals surface area contributed by atoms with Crippen molar-refractivity contribution in [3.05, 3.63) is 83.7 Å². The highest BCUT2D eigenvalue weighted by molar-refractivity contribution is 5.90. The number of para-hydroxylation sites is 1. The zero-order valence-electron chi connectivity index (χ0n) is 23.8. The van der Waals surface area contributed by atoms with Gasteiger partial charge in [0.2, 0.25) is 0 Å². The van der Waals surface area contributed by atoms with Crippen LogP contribution in [0, 0.1) is 11.6 Å². The zero-order chi connectivity index (χ0) is 29.5. The van der Waals surface area contributed by atoms with Gasteiger partial charge in [-0.05, 0) is 54.6 Å². The number of urea groups is 1. The van der Waals surface area contributed by atoms with Crippen molar-refractivity contribution in [1.29, 1.82) is 0 Å². The fourth-order valence-electron chi connectivity index (χ4n) is 5.02. The number of hydrogen-bond donors (Lipinski definition) is 2. The van der Waals surface area contributed by atoms with Gasteiger partial charge in [0.15, 0.2) is 11.6 Å². The Morgan fingerprint density at radius 1 is 1.17 bits per heavy atom. The number of amides is 2. The van der Waals surface area contributed by atoms with Crippen molar-refractivity contribution in [3.63, 3.8) is 0 Å². The van der Waals surface area contributed by atoms with Crippen LogP contribution in [0.4, 0.5) is 19.4 Å². The van der Waals surface area contributed by atoms with Crippen LogP contribution >= 0.6 is 0 Å². The molecule has 4 aromatic rings. The summed E-state index contributed by atoms with van der Waals surface area (Å²) in [6, 6.07) is 13.2. The lowest BCUT2D eigenvalue weighted by Gasteiger charge is -2.15. The van der Waals surface area contributed by atoms with Gasteiger partial charge in [0.25, 0.3) is 0 Å². The Morgan fingerprint density at radius 2 is 1.93 bits per heavy atom. The number of nitrogens with zero attached hydrogens (tertiary/aromatic N) is 5. The van der Waals surface area contributed by atoms with E-state index in [0.717, 1.165) is 54.1 Å². The summed E-state index contributed by atoms with van der Waals surface area (Å²) < 4.78 is 34.4. The number of carbonyl (C=O) groups excluding carboxylic acids is 1. The Balaban J connectivity index is 0.000000201. The first-order valence-corrected chi connectivity index (χ1v) is 13.6. The molecule has 1 saturated heterocycles. The smallest absolute Gasteiger partial charge is 0.317 e. The molecule has 2 aromatic heterocycles. The second-order valence-corrected chi connectivity index (χ2v) is 10.4. The number of ether oxygens (including phenoxy) is 1. The summed E-state index contributed by atoms with van der Waals surface area (Å²) in [5.41, 5.74) is 9.72. The maximum Gasteiger partial charge on any atom is 0.317 e. The monoisotopic (exact) mass is 565 g/mol. The van der Waals surface area contributed by atoms with Crippen LogP contribution in [-0.2, 0) is 11.8 Å². The second-order valence-electron chi connectivity index (χ2n) is 10.4. The number of methoxy groups -OCH3 is 1. The molecule has 2 aromatic carbocycles. The zero-order valence-corrected chi connectivity index (χ0v) is 23.8. The van der Waals surface area contributed by atoms with Gasteiger partial charge >= 0.3 is 6.03 Å². The van der Waals surface area contributed by atoms with E-state index in [2.05, 4.69) is 29.2 Å². The molecule has 3 N–H and O–H groups in total. The normalized spacial score (nSPS) is 15.1. The summed E-state index contributed by atoms with van der Waals surface area (Å²) in [4.78, 5) is 13.8. The highest BCUT2D eigenvalue weighted by atomic mass is 19.2. The quantitative estimate of drug-likeness (QED) is 0.302. The predicted molar refractivity (Wildman–Crippen MR) is 155 cm³/mol. The van der Waals surface area contributed by atoms with Crippen molar-refractivity contribution in [3.8, 4) is 16.9 Å². The summed E-state index contributed by atoms with van der Waals surface area (Å²) in [5, 5.41) is 11.7. The van der Waals surface area contributed by atoms with Crippen molar-refractivity contribution < 1.29 is 18.3 Å². The molecule has 1 aliphatic rings. The first-order valence-electron chi connectivity index (χ1n) is 13.6. The molecule has 9 nitrogen and oxygen atoms in total. The van der Waals surface area contributed by atoms with Crippen molar-refractivity contribution in [2.24, 2.45) is 12.8 Å². The van der Waals surface area contributed by atoms with E-state index in [0.29, 0.717) is 18.3 Å². The molecule has 0 saturated carbocycles. The minimum absolute atomic E-state index is 0.138. The van der Waals surface area contributed by atoms with E-state index in [1.807, 2.05) is 43.6 Å². The number of primary amides is 1. The van der Waals surface area contributed by atoms with Crippen molar-refractivity contribution in [2.45, 2.75) is 32.1 Å². The molecule has 3 heterocycles. The van der Waals surface area contributed by atoms with Gasteiger partial charge in [-0.2, -0.15) is 10.2 Å². The molecule has 0 bridgehead atoms. The summed E-state index contributed by atoms with van der Waals surface area (Å²) in [6.45, 7) is 7.61. The molecule has 0 aliphatic carbocycles. The molecule has 0 radical (unpaired) electrons. The third-order valence-corrected chi connectivity index (χ3v) is 7.02. The van der Waals surface area contributed by atoms with E-state index in [-0.39, 0.29) is 5.92 Å². The third-order valence-electron chi connectivity index (χ3n) is 7.02. The van der Waals surface area contributed by atoms with Gasteiger partial charge in [0.1, 0.15) is 11.5 Å². The van der Waals surface area contributed by atoms with Gasteiger partial charge in [-0.1, -0.05) is 38.1 Å².